The first-order valence-electron chi connectivity index (χ1n) is 8.88. The Bertz CT molecular complexity index is 571. The lowest BCUT2D eigenvalue weighted by molar-refractivity contribution is -0.122. The molecule has 0 unspecified atom stereocenters. The predicted molar refractivity (Wildman–Crippen MR) is 101 cm³/mol. The van der Waals surface area contributed by atoms with Crippen LogP contribution in [0.1, 0.15) is 51.2 Å². The van der Waals surface area contributed by atoms with Gasteiger partial charge in [-0.15, -0.1) is 0 Å². The molecule has 0 bridgehead atoms. The Morgan fingerprint density at radius 1 is 0.792 bits per heavy atom. The highest BCUT2D eigenvalue weighted by Gasteiger charge is 2.23. The third-order valence-electron chi connectivity index (χ3n) is 4.56. The van der Waals surface area contributed by atoms with Gasteiger partial charge >= 0.3 is 0 Å². The second-order valence-corrected chi connectivity index (χ2v) is 7.16. The van der Waals surface area contributed by atoms with Gasteiger partial charge in [0, 0.05) is 18.4 Å². The number of carbonyl (C=O) groups excluding carboxylic acids is 1. The molecule has 1 amide bonds. The Hall–Kier alpha value is -2.09. The van der Waals surface area contributed by atoms with Gasteiger partial charge < -0.3 is 5.32 Å². The van der Waals surface area contributed by atoms with Gasteiger partial charge in [0.25, 0.3) is 0 Å². The summed E-state index contributed by atoms with van der Waals surface area (Å²) in [7, 11) is 0. The average molecular weight is 323 g/mol. The summed E-state index contributed by atoms with van der Waals surface area (Å²) in [5.41, 5.74) is 2.37. The van der Waals surface area contributed by atoms with Crippen LogP contribution in [-0.2, 0) is 4.79 Å². The first-order chi connectivity index (χ1) is 11.5. The standard InChI is InChI=1S/C22H29NO/c1-16(2)22(17(3)4)23-21(24)15-20(18-11-7-5-8-12-18)19-13-9-6-10-14-19/h5-14,16-17,20,22H,15H2,1-4H3,(H,23,24). The van der Waals surface area contributed by atoms with Crippen molar-refractivity contribution in [2.75, 3.05) is 0 Å². The van der Waals surface area contributed by atoms with Crippen LogP contribution < -0.4 is 5.32 Å². The Morgan fingerprint density at radius 2 is 1.21 bits per heavy atom. The minimum absolute atomic E-state index is 0.0902. The molecule has 0 aromatic heterocycles. The van der Waals surface area contributed by atoms with Crippen LogP contribution in [-0.4, -0.2) is 11.9 Å². The summed E-state index contributed by atoms with van der Waals surface area (Å²) in [5, 5.41) is 3.25. The monoisotopic (exact) mass is 323 g/mol. The van der Waals surface area contributed by atoms with Gasteiger partial charge in [0.15, 0.2) is 0 Å². The number of rotatable bonds is 7. The number of carbonyl (C=O) groups is 1. The molecule has 2 aromatic carbocycles. The molecule has 0 saturated carbocycles. The number of amides is 1. The molecule has 0 saturated heterocycles. The van der Waals surface area contributed by atoms with Crippen LogP contribution in [0.15, 0.2) is 60.7 Å². The first-order valence-corrected chi connectivity index (χ1v) is 8.88. The molecule has 0 radical (unpaired) electrons. The predicted octanol–water partition coefficient (Wildman–Crippen LogP) is 5.01. The van der Waals surface area contributed by atoms with E-state index in [1.807, 2.05) is 36.4 Å². The lowest BCUT2D eigenvalue weighted by atomic mass is 9.87. The van der Waals surface area contributed by atoms with E-state index in [2.05, 4.69) is 57.3 Å². The zero-order valence-electron chi connectivity index (χ0n) is 15.2. The Morgan fingerprint density at radius 3 is 1.58 bits per heavy atom. The Kier molecular flexibility index (Phi) is 6.60. The molecular formula is C22H29NO. The Balaban J connectivity index is 2.18. The maximum absolute atomic E-state index is 12.7. The molecule has 0 aliphatic carbocycles. The van der Waals surface area contributed by atoms with Gasteiger partial charge in [-0.2, -0.15) is 0 Å². The van der Waals surface area contributed by atoms with E-state index in [1.54, 1.807) is 0 Å². The van der Waals surface area contributed by atoms with Crippen LogP contribution in [0.4, 0.5) is 0 Å². The van der Waals surface area contributed by atoms with Crippen LogP contribution in [0, 0.1) is 11.8 Å². The van der Waals surface area contributed by atoms with Gasteiger partial charge in [0.05, 0.1) is 0 Å². The van der Waals surface area contributed by atoms with Crippen LogP contribution in [0.5, 0.6) is 0 Å². The van der Waals surface area contributed by atoms with Crippen molar-refractivity contribution in [3.8, 4) is 0 Å². The summed E-state index contributed by atoms with van der Waals surface area (Å²) >= 11 is 0. The van der Waals surface area contributed by atoms with E-state index in [0.29, 0.717) is 18.3 Å². The second-order valence-electron chi connectivity index (χ2n) is 7.16. The van der Waals surface area contributed by atoms with Crippen molar-refractivity contribution in [3.63, 3.8) is 0 Å². The lowest BCUT2D eigenvalue weighted by Gasteiger charge is -2.27. The van der Waals surface area contributed by atoms with Gasteiger partial charge in [-0.1, -0.05) is 88.4 Å². The quantitative estimate of drug-likeness (QED) is 0.763. The van der Waals surface area contributed by atoms with Gasteiger partial charge in [0.1, 0.15) is 0 Å². The largest absolute Gasteiger partial charge is 0.353 e. The van der Waals surface area contributed by atoms with Crippen molar-refractivity contribution < 1.29 is 4.79 Å². The highest BCUT2D eigenvalue weighted by Crippen LogP contribution is 2.28. The summed E-state index contributed by atoms with van der Waals surface area (Å²) in [4.78, 5) is 12.7. The average Bonchev–Trinajstić information content (AvgIpc) is 2.58. The van der Waals surface area contributed by atoms with Crippen LogP contribution in [0.3, 0.4) is 0 Å². The molecule has 24 heavy (non-hydrogen) atoms. The molecule has 0 fully saturated rings. The summed E-state index contributed by atoms with van der Waals surface area (Å²) in [5.74, 6) is 1.08. The van der Waals surface area contributed by atoms with Crippen LogP contribution in [0.2, 0.25) is 0 Å². The van der Waals surface area contributed by atoms with Crippen molar-refractivity contribution in [1.82, 2.24) is 5.32 Å². The van der Waals surface area contributed by atoms with Crippen molar-refractivity contribution in [3.05, 3.63) is 71.8 Å². The molecule has 2 heteroatoms. The SMILES string of the molecule is CC(C)C(NC(=O)CC(c1ccccc1)c1ccccc1)C(C)C. The molecule has 2 nitrogen and oxygen atoms in total. The third kappa shape index (κ3) is 4.95. The maximum atomic E-state index is 12.7. The van der Waals surface area contributed by atoms with E-state index in [9.17, 15) is 4.79 Å². The minimum atomic E-state index is 0.0902. The molecule has 1 N–H and O–H groups in total. The lowest BCUT2D eigenvalue weighted by Crippen LogP contribution is -2.42. The molecule has 0 atom stereocenters. The van der Waals surface area contributed by atoms with Crippen molar-refractivity contribution in [2.24, 2.45) is 11.8 Å². The topological polar surface area (TPSA) is 29.1 Å². The highest BCUT2D eigenvalue weighted by atomic mass is 16.1. The van der Waals surface area contributed by atoms with Gasteiger partial charge in [0.2, 0.25) is 5.91 Å². The fraction of sp³-hybridized carbons (Fsp3) is 0.409. The van der Waals surface area contributed by atoms with Crippen molar-refractivity contribution in [2.45, 2.75) is 46.1 Å². The van der Waals surface area contributed by atoms with E-state index in [0.717, 1.165) is 0 Å². The van der Waals surface area contributed by atoms with Crippen LogP contribution in [0.25, 0.3) is 0 Å². The molecule has 2 rings (SSSR count). The van der Waals surface area contributed by atoms with E-state index in [4.69, 9.17) is 0 Å². The number of nitrogens with one attached hydrogen (secondary N) is 1. The first kappa shape index (κ1) is 18.3. The van der Waals surface area contributed by atoms with E-state index in [1.165, 1.54) is 11.1 Å². The fourth-order valence-electron chi connectivity index (χ4n) is 3.33. The summed E-state index contributed by atoms with van der Waals surface area (Å²) < 4.78 is 0. The summed E-state index contributed by atoms with van der Waals surface area (Å²) in [6.07, 6.45) is 0.476. The molecule has 0 aliphatic rings. The van der Waals surface area contributed by atoms with E-state index >= 15 is 0 Å². The van der Waals surface area contributed by atoms with Gasteiger partial charge in [-0.25, -0.2) is 0 Å². The van der Waals surface area contributed by atoms with E-state index in [-0.39, 0.29) is 17.9 Å². The normalized spacial score (nSPS) is 11.5. The number of benzene rings is 2. The summed E-state index contributed by atoms with van der Waals surface area (Å²) in [6.45, 7) is 8.65. The molecule has 0 spiro atoms. The molecule has 0 heterocycles. The van der Waals surface area contributed by atoms with E-state index < -0.39 is 0 Å². The molecule has 0 aliphatic heterocycles. The molecule has 128 valence electrons. The molecule has 2 aromatic rings. The minimum Gasteiger partial charge on any atom is -0.353 e. The smallest absolute Gasteiger partial charge is 0.221 e. The zero-order valence-corrected chi connectivity index (χ0v) is 15.2. The van der Waals surface area contributed by atoms with Crippen LogP contribution >= 0.6 is 0 Å². The molecular weight excluding hydrogens is 294 g/mol. The maximum Gasteiger partial charge on any atom is 0.221 e. The number of hydrogen-bond donors (Lipinski definition) is 1. The van der Waals surface area contributed by atoms with Gasteiger partial charge in [-0.3, -0.25) is 4.79 Å². The fourth-order valence-corrected chi connectivity index (χ4v) is 3.33. The van der Waals surface area contributed by atoms with Gasteiger partial charge in [-0.05, 0) is 23.0 Å². The zero-order chi connectivity index (χ0) is 17.5. The summed E-state index contributed by atoms with van der Waals surface area (Å²) in [6, 6.07) is 20.8. The Labute approximate surface area is 146 Å². The van der Waals surface area contributed by atoms with Crippen molar-refractivity contribution >= 4 is 5.91 Å². The van der Waals surface area contributed by atoms with Crippen molar-refractivity contribution in [1.29, 1.82) is 0 Å². The third-order valence-corrected chi connectivity index (χ3v) is 4.56. The second kappa shape index (κ2) is 8.68. The number of hydrogen-bond acceptors (Lipinski definition) is 1. The highest BCUT2D eigenvalue weighted by molar-refractivity contribution is 5.78.